The minimum atomic E-state index is -3.88. The van der Waals surface area contributed by atoms with Crippen LogP contribution >= 0.6 is 11.3 Å². The molecule has 1 aromatic heterocycles. The summed E-state index contributed by atoms with van der Waals surface area (Å²) in [4.78, 5) is 15.3. The number of nitrogens with one attached hydrogen (secondary N) is 1. The molecule has 8 heteroatoms. The summed E-state index contributed by atoms with van der Waals surface area (Å²) in [7, 11) is -3.88. The topological polar surface area (TPSA) is 96.4 Å². The van der Waals surface area contributed by atoms with Crippen LogP contribution in [-0.2, 0) is 14.8 Å². The number of para-hydroxylation sites is 1. The number of hydrogen-bond acceptors (Lipinski definition) is 5. The van der Waals surface area contributed by atoms with Gasteiger partial charge in [0.05, 0.1) is 15.1 Å². The van der Waals surface area contributed by atoms with Crippen LogP contribution in [0.15, 0.2) is 53.4 Å². The van der Waals surface area contributed by atoms with Crippen molar-refractivity contribution < 1.29 is 18.3 Å². The zero-order valence-electron chi connectivity index (χ0n) is 12.6. The van der Waals surface area contributed by atoms with Gasteiger partial charge in [-0.2, -0.15) is 4.72 Å². The number of thiazole rings is 1. The van der Waals surface area contributed by atoms with Crippen LogP contribution in [0.1, 0.15) is 6.92 Å². The van der Waals surface area contributed by atoms with E-state index in [-0.39, 0.29) is 4.90 Å². The highest BCUT2D eigenvalue weighted by Crippen LogP contribution is 2.30. The lowest BCUT2D eigenvalue weighted by Gasteiger charge is -2.10. The van der Waals surface area contributed by atoms with E-state index in [1.54, 1.807) is 12.1 Å². The van der Waals surface area contributed by atoms with E-state index in [0.717, 1.165) is 20.8 Å². The second-order valence-corrected chi connectivity index (χ2v) is 7.94. The zero-order valence-corrected chi connectivity index (χ0v) is 14.3. The molecule has 0 amide bonds. The first-order valence-corrected chi connectivity index (χ1v) is 9.38. The number of aromatic nitrogens is 1. The Morgan fingerprint density at radius 1 is 1.17 bits per heavy atom. The third-order valence-corrected chi connectivity index (χ3v) is 6.05. The predicted octanol–water partition coefficient (Wildman–Crippen LogP) is 2.71. The normalized spacial score (nSPS) is 13.0. The quantitative estimate of drug-likeness (QED) is 0.727. The maximum absolute atomic E-state index is 12.1. The third kappa shape index (κ3) is 3.30. The molecule has 3 rings (SSSR count). The summed E-state index contributed by atoms with van der Waals surface area (Å²) in [6, 6.07) is 12.8. The number of carbonyl (C=O) groups is 1. The minimum absolute atomic E-state index is 0.0143. The van der Waals surface area contributed by atoms with Gasteiger partial charge in [0, 0.05) is 5.56 Å². The number of hydrogen-bond donors (Lipinski definition) is 2. The molecule has 0 bridgehead atoms. The number of sulfonamides is 1. The molecule has 0 fully saturated rings. The summed E-state index contributed by atoms with van der Waals surface area (Å²) in [5.41, 5.74) is 1.70. The minimum Gasteiger partial charge on any atom is -0.480 e. The Hall–Kier alpha value is -2.29. The van der Waals surface area contributed by atoms with Gasteiger partial charge in [-0.1, -0.05) is 24.3 Å². The van der Waals surface area contributed by atoms with Crippen molar-refractivity contribution in [2.24, 2.45) is 0 Å². The van der Waals surface area contributed by atoms with E-state index in [1.807, 2.05) is 24.3 Å². The molecule has 2 N–H and O–H groups in total. The van der Waals surface area contributed by atoms with E-state index in [9.17, 15) is 13.2 Å². The largest absolute Gasteiger partial charge is 0.480 e. The van der Waals surface area contributed by atoms with E-state index in [0.29, 0.717) is 0 Å². The lowest BCUT2D eigenvalue weighted by molar-refractivity contribution is -0.138. The first kappa shape index (κ1) is 16.6. The van der Waals surface area contributed by atoms with Gasteiger partial charge in [-0.25, -0.2) is 13.4 Å². The molecular weight excluding hydrogens is 348 g/mol. The molecule has 0 aliphatic rings. The lowest BCUT2D eigenvalue weighted by Crippen LogP contribution is -2.38. The second kappa shape index (κ2) is 6.31. The SMILES string of the molecule is C[C@@H](NS(=O)(=O)c1ccc(-c2nc3ccccc3s2)cc1)C(=O)O. The Labute approximate surface area is 142 Å². The smallest absolute Gasteiger partial charge is 0.321 e. The molecule has 0 aliphatic heterocycles. The first-order valence-electron chi connectivity index (χ1n) is 7.08. The molecule has 0 aliphatic carbocycles. The molecule has 2 aromatic carbocycles. The molecular formula is C16H14N2O4S2. The molecule has 124 valence electrons. The van der Waals surface area contributed by atoms with Gasteiger partial charge in [0.25, 0.3) is 0 Å². The Morgan fingerprint density at radius 2 is 1.83 bits per heavy atom. The van der Waals surface area contributed by atoms with Crippen molar-refractivity contribution in [3.63, 3.8) is 0 Å². The summed E-state index contributed by atoms with van der Waals surface area (Å²) in [6.07, 6.45) is 0. The Bertz CT molecular complexity index is 961. The standard InChI is InChI=1S/C16H14N2O4S2/c1-10(16(19)20)18-24(21,22)12-8-6-11(7-9-12)15-17-13-4-2-3-5-14(13)23-15/h2-10,18H,1H3,(H,19,20)/t10-/m1/s1. The molecule has 0 radical (unpaired) electrons. The molecule has 3 aromatic rings. The fraction of sp³-hybridized carbons (Fsp3) is 0.125. The summed E-state index contributed by atoms with van der Waals surface area (Å²) < 4.78 is 27.5. The molecule has 0 spiro atoms. The van der Waals surface area contributed by atoms with Crippen molar-refractivity contribution in [1.29, 1.82) is 0 Å². The van der Waals surface area contributed by atoms with Gasteiger partial charge in [0.2, 0.25) is 10.0 Å². The van der Waals surface area contributed by atoms with E-state index in [1.165, 1.54) is 30.4 Å². The van der Waals surface area contributed by atoms with Crippen LogP contribution in [0.25, 0.3) is 20.8 Å². The highest BCUT2D eigenvalue weighted by atomic mass is 32.2. The van der Waals surface area contributed by atoms with Crippen molar-refractivity contribution in [1.82, 2.24) is 9.71 Å². The number of benzene rings is 2. The van der Waals surface area contributed by atoms with Crippen LogP contribution in [0.5, 0.6) is 0 Å². The Morgan fingerprint density at radius 3 is 2.46 bits per heavy atom. The average Bonchev–Trinajstić information content (AvgIpc) is 2.98. The van der Waals surface area contributed by atoms with Crippen molar-refractivity contribution in [3.8, 4) is 10.6 Å². The average molecular weight is 362 g/mol. The van der Waals surface area contributed by atoms with Crippen LogP contribution in [0.2, 0.25) is 0 Å². The maximum atomic E-state index is 12.1. The predicted molar refractivity (Wildman–Crippen MR) is 92.5 cm³/mol. The molecule has 0 unspecified atom stereocenters. The van der Waals surface area contributed by atoms with Crippen molar-refractivity contribution in [2.45, 2.75) is 17.9 Å². The van der Waals surface area contributed by atoms with Gasteiger partial charge in [0.1, 0.15) is 11.0 Å². The fourth-order valence-electron chi connectivity index (χ4n) is 2.12. The molecule has 0 saturated heterocycles. The molecule has 24 heavy (non-hydrogen) atoms. The van der Waals surface area contributed by atoms with Crippen LogP contribution in [-0.4, -0.2) is 30.5 Å². The molecule has 6 nitrogen and oxygen atoms in total. The highest BCUT2D eigenvalue weighted by molar-refractivity contribution is 7.89. The summed E-state index contributed by atoms with van der Waals surface area (Å²) in [5.74, 6) is -1.23. The van der Waals surface area contributed by atoms with E-state index >= 15 is 0 Å². The van der Waals surface area contributed by atoms with Crippen molar-refractivity contribution in [2.75, 3.05) is 0 Å². The number of fused-ring (bicyclic) bond motifs is 1. The number of aliphatic carboxylic acids is 1. The third-order valence-electron chi connectivity index (χ3n) is 3.41. The number of nitrogens with zero attached hydrogens (tertiary/aromatic N) is 1. The fourth-order valence-corrected chi connectivity index (χ4v) is 4.29. The number of carboxylic acid groups (broad SMARTS) is 1. The maximum Gasteiger partial charge on any atom is 0.321 e. The van der Waals surface area contributed by atoms with Gasteiger partial charge in [-0.15, -0.1) is 11.3 Å². The van der Waals surface area contributed by atoms with Gasteiger partial charge in [-0.3, -0.25) is 4.79 Å². The number of carboxylic acids is 1. The first-order chi connectivity index (χ1) is 11.4. The van der Waals surface area contributed by atoms with Gasteiger partial charge < -0.3 is 5.11 Å². The van der Waals surface area contributed by atoms with Gasteiger partial charge >= 0.3 is 5.97 Å². The number of rotatable bonds is 5. The Kier molecular flexibility index (Phi) is 4.35. The molecule has 0 saturated carbocycles. The summed E-state index contributed by atoms with van der Waals surface area (Å²) in [5, 5.41) is 9.62. The van der Waals surface area contributed by atoms with Crippen LogP contribution in [0.4, 0.5) is 0 Å². The van der Waals surface area contributed by atoms with E-state index in [2.05, 4.69) is 9.71 Å². The van der Waals surface area contributed by atoms with Crippen molar-refractivity contribution >= 4 is 37.5 Å². The van der Waals surface area contributed by atoms with Gasteiger partial charge in [0.15, 0.2) is 0 Å². The summed E-state index contributed by atoms with van der Waals surface area (Å²) >= 11 is 1.52. The second-order valence-electron chi connectivity index (χ2n) is 5.19. The summed E-state index contributed by atoms with van der Waals surface area (Å²) in [6.45, 7) is 1.27. The van der Waals surface area contributed by atoms with Crippen molar-refractivity contribution in [3.05, 3.63) is 48.5 Å². The van der Waals surface area contributed by atoms with Crippen LogP contribution < -0.4 is 4.72 Å². The monoisotopic (exact) mass is 362 g/mol. The van der Waals surface area contributed by atoms with E-state index in [4.69, 9.17) is 5.11 Å². The zero-order chi connectivity index (χ0) is 17.3. The molecule has 1 heterocycles. The molecule has 1 atom stereocenters. The Balaban J connectivity index is 1.89. The highest BCUT2D eigenvalue weighted by Gasteiger charge is 2.21. The van der Waals surface area contributed by atoms with Crippen LogP contribution in [0.3, 0.4) is 0 Å². The van der Waals surface area contributed by atoms with Crippen LogP contribution in [0, 0.1) is 0 Å². The van der Waals surface area contributed by atoms with E-state index < -0.39 is 22.0 Å². The van der Waals surface area contributed by atoms with Gasteiger partial charge in [-0.05, 0) is 31.2 Å². The lowest BCUT2D eigenvalue weighted by atomic mass is 10.2.